The summed E-state index contributed by atoms with van der Waals surface area (Å²) in [7, 11) is 0. The molecule has 0 saturated carbocycles. The molecule has 3 aromatic rings. The second-order valence-electron chi connectivity index (χ2n) is 5.62. The van der Waals surface area contributed by atoms with Gasteiger partial charge in [-0.1, -0.05) is 6.07 Å². The third kappa shape index (κ3) is 2.57. The van der Waals surface area contributed by atoms with Crippen molar-refractivity contribution < 1.29 is 9.84 Å². The van der Waals surface area contributed by atoms with Crippen LogP contribution in [0.4, 0.5) is 0 Å². The predicted octanol–water partition coefficient (Wildman–Crippen LogP) is 3.59. The fraction of sp³-hybridized carbons (Fsp3) is 0.278. The SMILES string of the molecule is Cc1cccc2nc(-c3ccc(OC(C)C)cc3)c(CO)n12. The summed E-state index contributed by atoms with van der Waals surface area (Å²) in [5.74, 6) is 0.837. The van der Waals surface area contributed by atoms with E-state index in [-0.39, 0.29) is 12.7 Å². The largest absolute Gasteiger partial charge is 0.491 e. The number of nitrogens with zero attached hydrogens (tertiary/aromatic N) is 2. The van der Waals surface area contributed by atoms with Crippen LogP contribution in [0.2, 0.25) is 0 Å². The highest BCUT2D eigenvalue weighted by molar-refractivity contribution is 5.67. The number of hydrogen-bond acceptors (Lipinski definition) is 3. The van der Waals surface area contributed by atoms with Gasteiger partial charge in [0.05, 0.1) is 24.1 Å². The maximum Gasteiger partial charge on any atom is 0.137 e. The fourth-order valence-electron chi connectivity index (χ4n) is 2.67. The zero-order chi connectivity index (χ0) is 15.7. The molecule has 0 atom stereocenters. The van der Waals surface area contributed by atoms with Gasteiger partial charge in [0.2, 0.25) is 0 Å². The number of aliphatic hydroxyl groups excluding tert-OH is 1. The van der Waals surface area contributed by atoms with Crippen molar-refractivity contribution in [3.05, 3.63) is 53.9 Å². The Bertz CT molecular complexity index is 789. The van der Waals surface area contributed by atoms with Crippen LogP contribution in [0, 0.1) is 6.92 Å². The Morgan fingerprint density at radius 1 is 1.14 bits per heavy atom. The molecule has 0 unspecified atom stereocenters. The van der Waals surface area contributed by atoms with Crippen LogP contribution in [-0.4, -0.2) is 20.6 Å². The standard InChI is InChI=1S/C18H20N2O2/c1-12(2)22-15-9-7-14(8-10-15)18-16(11-21)20-13(3)5-4-6-17(20)19-18/h4-10,12,21H,11H2,1-3H3. The number of aromatic nitrogens is 2. The first-order valence-corrected chi connectivity index (χ1v) is 7.45. The molecule has 0 saturated heterocycles. The first kappa shape index (κ1) is 14.6. The molecule has 0 amide bonds. The molecule has 0 spiro atoms. The van der Waals surface area contributed by atoms with E-state index < -0.39 is 0 Å². The van der Waals surface area contributed by atoms with Gasteiger partial charge in [-0.15, -0.1) is 0 Å². The number of rotatable bonds is 4. The molecule has 2 heterocycles. The molecule has 0 bridgehead atoms. The second kappa shape index (κ2) is 5.81. The summed E-state index contributed by atoms with van der Waals surface area (Å²) in [6.07, 6.45) is 0.150. The highest BCUT2D eigenvalue weighted by Gasteiger charge is 2.14. The van der Waals surface area contributed by atoms with Crippen LogP contribution in [0.1, 0.15) is 25.2 Å². The van der Waals surface area contributed by atoms with E-state index in [1.54, 1.807) is 0 Å². The Balaban J connectivity index is 2.08. The number of imidazole rings is 1. The molecule has 0 fully saturated rings. The summed E-state index contributed by atoms with van der Waals surface area (Å²) in [5, 5.41) is 9.78. The number of pyridine rings is 1. The molecule has 0 aliphatic rings. The van der Waals surface area contributed by atoms with Crippen molar-refractivity contribution in [2.24, 2.45) is 0 Å². The van der Waals surface area contributed by atoms with Crippen molar-refractivity contribution in [2.45, 2.75) is 33.5 Å². The van der Waals surface area contributed by atoms with Gasteiger partial charge in [-0.3, -0.25) is 4.40 Å². The van der Waals surface area contributed by atoms with E-state index in [0.29, 0.717) is 0 Å². The Kier molecular flexibility index (Phi) is 3.86. The van der Waals surface area contributed by atoms with Crippen LogP contribution in [0.25, 0.3) is 16.9 Å². The van der Waals surface area contributed by atoms with Gasteiger partial charge in [0.15, 0.2) is 0 Å². The third-order valence-electron chi connectivity index (χ3n) is 3.58. The topological polar surface area (TPSA) is 46.8 Å². The molecule has 4 heteroatoms. The van der Waals surface area contributed by atoms with E-state index in [0.717, 1.165) is 34.0 Å². The van der Waals surface area contributed by atoms with E-state index in [4.69, 9.17) is 4.74 Å². The normalized spacial score (nSPS) is 11.3. The van der Waals surface area contributed by atoms with Crippen molar-refractivity contribution in [2.75, 3.05) is 0 Å². The van der Waals surface area contributed by atoms with Gasteiger partial charge >= 0.3 is 0 Å². The lowest BCUT2D eigenvalue weighted by Crippen LogP contribution is -2.05. The minimum atomic E-state index is -0.0500. The van der Waals surface area contributed by atoms with Crippen LogP contribution >= 0.6 is 0 Å². The lowest BCUT2D eigenvalue weighted by atomic mass is 10.1. The molecule has 1 N–H and O–H groups in total. The minimum absolute atomic E-state index is 0.0500. The van der Waals surface area contributed by atoms with E-state index in [1.165, 1.54) is 0 Å². The lowest BCUT2D eigenvalue weighted by molar-refractivity contribution is 0.242. The molecule has 22 heavy (non-hydrogen) atoms. The van der Waals surface area contributed by atoms with E-state index >= 15 is 0 Å². The van der Waals surface area contributed by atoms with Crippen LogP contribution in [-0.2, 0) is 6.61 Å². The predicted molar refractivity (Wildman–Crippen MR) is 87.1 cm³/mol. The zero-order valence-corrected chi connectivity index (χ0v) is 13.1. The molecule has 2 aromatic heterocycles. The molecule has 1 aromatic carbocycles. The number of aryl methyl sites for hydroxylation is 1. The molecule has 0 aliphatic heterocycles. The number of fused-ring (bicyclic) bond motifs is 1. The van der Waals surface area contributed by atoms with Gasteiger partial charge in [-0.2, -0.15) is 0 Å². The van der Waals surface area contributed by atoms with Crippen molar-refractivity contribution in [3.63, 3.8) is 0 Å². The van der Waals surface area contributed by atoms with Crippen LogP contribution in [0.5, 0.6) is 5.75 Å². The van der Waals surface area contributed by atoms with Crippen LogP contribution in [0.3, 0.4) is 0 Å². The first-order chi connectivity index (χ1) is 10.6. The average molecular weight is 296 g/mol. The Morgan fingerprint density at radius 2 is 1.86 bits per heavy atom. The molecule has 0 aliphatic carbocycles. The van der Waals surface area contributed by atoms with Gasteiger partial charge < -0.3 is 9.84 Å². The summed E-state index contributed by atoms with van der Waals surface area (Å²) >= 11 is 0. The highest BCUT2D eigenvalue weighted by Crippen LogP contribution is 2.27. The molecule has 4 nitrogen and oxygen atoms in total. The number of hydrogen-bond donors (Lipinski definition) is 1. The summed E-state index contributed by atoms with van der Waals surface area (Å²) in [6, 6.07) is 13.8. The van der Waals surface area contributed by atoms with E-state index in [2.05, 4.69) is 4.98 Å². The monoisotopic (exact) mass is 296 g/mol. The van der Waals surface area contributed by atoms with Gasteiger partial charge in [0.25, 0.3) is 0 Å². The Morgan fingerprint density at radius 3 is 2.50 bits per heavy atom. The average Bonchev–Trinajstić information content (AvgIpc) is 2.87. The number of benzene rings is 1. The maximum atomic E-state index is 9.78. The maximum absolute atomic E-state index is 9.78. The summed E-state index contributed by atoms with van der Waals surface area (Å²) in [5.41, 5.74) is 4.50. The van der Waals surface area contributed by atoms with Gasteiger partial charge in [-0.05, 0) is 57.2 Å². The van der Waals surface area contributed by atoms with Crippen LogP contribution in [0.15, 0.2) is 42.5 Å². The summed E-state index contributed by atoms with van der Waals surface area (Å²) in [4.78, 5) is 4.67. The van der Waals surface area contributed by atoms with Crippen molar-refractivity contribution in [3.8, 4) is 17.0 Å². The third-order valence-corrected chi connectivity index (χ3v) is 3.58. The van der Waals surface area contributed by atoms with Crippen molar-refractivity contribution in [1.29, 1.82) is 0 Å². The molecule has 3 rings (SSSR count). The van der Waals surface area contributed by atoms with Crippen molar-refractivity contribution >= 4 is 5.65 Å². The minimum Gasteiger partial charge on any atom is -0.491 e. The first-order valence-electron chi connectivity index (χ1n) is 7.45. The van der Waals surface area contributed by atoms with Gasteiger partial charge in [0, 0.05) is 11.3 Å². The molecule has 114 valence electrons. The quantitative estimate of drug-likeness (QED) is 0.800. The second-order valence-corrected chi connectivity index (χ2v) is 5.62. The summed E-state index contributed by atoms with van der Waals surface area (Å²) < 4.78 is 7.66. The van der Waals surface area contributed by atoms with Gasteiger partial charge in [-0.25, -0.2) is 4.98 Å². The Labute approximate surface area is 130 Å². The smallest absolute Gasteiger partial charge is 0.137 e. The molecular weight excluding hydrogens is 276 g/mol. The van der Waals surface area contributed by atoms with Crippen molar-refractivity contribution in [1.82, 2.24) is 9.38 Å². The van der Waals surface area contributed by atoms with E-state index in [9.17, 15) is 5.11 Å². The zero-order valence-electron chi connectivity index (χ0n) is 13.1. The lowest BCUT2D eigenvalue weighted by Gasteiger charge is -2.10. The fourth-order valence-corrected chi connectivity index (χ4v) is 2.67. The highest BCUT2D eigenvalue weighted by atomic mass is 16.5. The number of aliphatic hydroxyl groups is 1. The molecular formula is C18H20N2O2. The van der Waals surface area contributed by atoms with Gasteiger partial charge in [0.1, 0.15) is 11.4 Å². The number of ether oxygens (including phenoxy) is 1. The van der Waals surface area contributed by atoms with Crippen LogP contribution < -0.4 is 4.74 Å². The van der Waals surface area contributed by atoms with E-state index in [1.807, 2.05) is 67.6 Å². The Hall–Kier alpha value is -2.33. The molecule has 0 radical (unpaired) electrons. The summed E-state index contributed by atoms with van der Waals surface area (Å²) in [6.45, 7) is 5.97.